The predicted molar refractivity (Wildman–Crippen MR) is 93.8 cm³/mol. The Hall–Kier alpha value is -2.29. The van der Waals surface area contributed by atoms with Crippen LogP contribution in [0.1, 0.15) is 30.0 Å². The van der Waals surface area contributed by atoms with Gasteiger partial charge in [0, 0.05) is 6.42 Å². The van der Waals surface area contributed by atoms with Crippen LogP contribution >= 0.6 is 0 Å². The van der Waals surface area contributed by atoms with Crippen LogP contribution in [-0.4, -0.2) is 18.6 Å². The number of carbonyl (C=O) groups excluding carboxylic acids is 1. The van der Waals surface area contributed by atoms with Crippen molar-refractivity contribution in [3.8, 4) is 5.75 Å². The molecule has 0 radical (unpaired) electrons. The predicted octanol–water partition coefficient (Wildman–Crippen LogP) is 3.82. The molecule has 0 fully saturated rings. The number of nitrogens with one attached hydrogen (secondary N) is 1. The molecule has 1 atom stereocenters. The van der Waals surface area contributed by atoms with Crippen molar-refractivity contribution in [3.63, 3.8) is 0 Å². The van der Waals surface area contributed by atoms with Gasteiger partial charge in [-0.15, -0.1) is 0 Å². The molecule has 0 aliphatic rings. The van der Waals surface area contributed by atoms with E-state index in [1.807, 2.05) is 38.1 Å². The molecule has 0 aliphatic carbocycles. The molecule has 0 saturated heterocycles. The second kappa shape index (κ2) is 8.37. The maximum absolute atomic E-state index is 12.0. The van der Waals surface area contributed by atoms with Gasteiger partial charge in [0.2, 0.25) is 5.91 Å². The van der Waals surface area contributed by atoms with E-state index in [0.717, 1.165) is 17.7 Å². The molecule has 0 heterocycles. The highest BCUT2D eigenvalue weighted by Gasteiger charge is 2.09. The maximum atomic E-state index is 12.0. The molecule has 3 nitrogen and oxygen atoms in total. The van der Waals surface area contributed by atoms with Crippen LogP contribution < -0.4 is 10.1 Å². The van der Waals surface area contributed by atoms with Gasteiger partial charge in [-0.25, -0.2) is 0 Å². The second-order valence-corrected chi connectivity index (χ2v) is 6.03. The van der Waals surface area contributed by atoms with Gasteiger partial charge in [0.25, 0.3) is 0 Å². The highest BCUT2D eigenvalue weighted by molar-refractivity contribution is 5.76. The molecule has 1 amide bonds. The van der Waals surface area contributed by atoms with Gasteiger partial charge in [0.15, 0.2) is 0 Å². The van der Waals surface area contributed by atoms with Crippen molar-refractivity contribution in [2.24, 2.45) is 0 Å². The van der Waals surface area contributed by atoms with E-state index >= 15 is 0 Å². The molecule has 2 rings (SSSR count). The fraction of sp³-hybridized carbons (Fsp3) is 0.350. The number of ether oxygens (including phenoxy) is 1. The van der Waals surface area contributed by atoms with Gasteiger partial charge >= 0.3 is 0 Å². The Kier molecular flexibility index (Phi) is 6.21. The third-order valence-electron chi connectivity index (χ3n) is 3.75. The van der Waals surface area contributed by atoms with Crippen molar-refractivity contribution in [1.82, 2.24) is 5.32 Å². The minimum Gasteiger partial charge on any atom is -0.491 e. The molecule has 23 heavy (non-hydrogen) atoms. The van der Waals surface area contributed by atoms with Crippen molar-refractivity contribution >= 4 is 5.91 Å². The van der Waals surface area contributed by atoms with E-state index in [0.29, 0.717) is 13.0 Å². The van der Waals surface area contributed by atoms with Crippen LogP contribution in [0, 0.1) is 13.8 Å². The van der Waals surface area contributed by atoms with Crippen LogP contribution in [0.2, 0.25) is 0 Å². The lowest BCUT2D eigenvalue weighted by atomic mass is 10.1. The van der Waals surface area contributed by atoms with E-state index in [1.165, 1.54) is 11.1 Å². The van der Waals surface area contributed by atoms with Crippen molar-refractivity contribution < 1.29 is 9.53 Å². The van der Waals surface area contributed by atoms with E-state index in [9.17, 15) is 4.79 Å². The van der Waals surface area contributed by atoms with Gasteiger partial charge < -0.3 is 10.1 Å². The SMILES string of the molecule is Cc1ccc(CCC(=O)NC(C)COc2ccccc2C)cc1. The molecule has 2 aromatic carbocycles. The van der Waals surface area contributed by atoms with Crippen molar-refractivity contribution in [2.45, 2.75) is 39.7 Å². The third-order valence-corrected chi connectivity index (χ3v) is 3.75. The van der Waals surface area contributed by atoms with E-state index < -0.39 is 0 Å². The first kappa shape index (κ1) is 17.1. The third kappa shape index (κ3) is 5.78. The van der Waals surface area contributed by atoms with E-state index in [4.69, 9.17) is 4.74 Å². The molecule has 2 aromatic rings. The first-order valence-corrected chi connectivity index (χ1v) is 8.08. The van der Waals surface area contributed by atoms with Crippen LogP contribution in [0.25, 0.3) is 0 Å². The standard InChI is InChI=1S/C20H25NO2/c1-15-8-10-18(11-9-15)12-13-20(22)21-17(3)14-23-19-7-5-4-6-16(19)2/h4-11,17H,12-14H2,1-3H3,(H,21,22). The van der Waals surface area contributed by atoms with Crippen LogP contribution in [0.15, 0.2) is 48.5 Å². The van der Waals surface area contributed by atoms with E-state index in [1.54, 1.807) is 0 Å². The Morgan fingerprint density at radius 2 is 1.78 bits per heavy atom. The molecule has 1 N–H and O–H groups in total. The molecular formula is C20H25NO2. The van der Waals surface area contributed by atoms with Gasteiger partial charge in [0.1, 0.15) is 12.4 Å². The Morgan fingerprint density at radius 1 is 1.09 bits per heavy atom. The number of aryl methyl sites for hydroxylation is 3. The number of amides is 1. The number of benzene rings is 2. The minimum absolute atomic E-state index is 0.0138. The van der Waals surface area contributed by atoms with Gasteiger partial charge in [-0.3, -0.25) is 4.79 Å². The van der Waals surface area contributed by atoms with E-state index in [2.05, 4.69) is 36.5 Å². The molecule has 0 spiro atoms. The summed E-state index contributed by atoms with van der Waals surface area (Å²) in [6.07, 6.45) is 1.26. The lowest BCUT2D eigenvalue weighted by Crippen LogP contribution is -2.36. The second-order valence-electron chi connectivity index (χ2n) is 6.03. The summed E-state index contributed by atoms with van der Waals surface area (Å²) in [5, 5.41) is 2.99. The largest absolute Gasteiger partial charge is 0.491 e. The number of rotatable bonds is 7. The average molecular weight is 311 g/mol. The quantitative estimate of drug-likeness (QED) is 0.844. The zero-order chi connectivity index (χ0) is 16.7. The number of para-hydroxylation sites is 1. The van der Waals surface area contributed by atoms with Gasteiger partial charge in [-0.1, -0.05) is 48.0 Å². The lowest BCUT2D eigenvalue weighted by molar-refractivity contribution is -0.121. The summed E-state index contributed by atoms with van der Waals surface area (Å²) in [6, 6.07) is 16.2. The Labute approximate surface area is 138 Å². The van der Waals surface area contributed by atoms with Crippen molar-refractivity contribution in [2.75, 3.05) is 6.61 Å². The number of carbonyl (C=O) groups is 1. The fourth-order valence-electron chi connectivity index (χ4n) is 2.33. The maximum Gasteiger partial charge on any atom is 0.220 e. The van der Waals surface area contributed by atoms with Crippen LogP contribution in [0.3, 0.4) is 0 Å². The number of hydrogen-bond donors (Lipinski definition) is 1. The topological polar surface area (TPSA) is 38.3 Å². The Bertz CT molecular complexity index is 634. The van der Waals surface area contributed by atoms with Crippen molar-refractivity contribution in [3.05, 3.63) is 65.2 Å². The summed E-state index contributed by atoms with van der Waals surface area (Å²) >= 11 is 0. The molecule has 1 unspecified atom stereocenters. The highest BCUT2D eigenvalue weighted by atomic mass is 16.5. The van der Waals surface area contributed by atoms with Crippen LogP contribution in [0.4, 0.5) is 0 Å². The molecule has 122 valence electrons. The van der Waals surface area contributed by atoms with Gasteiger partial charge in [0.05, 0.1) is 6.04 Å². The van der Waals surface area contributed by atoms with Crippen molar-refractivity contribution in [1.29, 1.82) is 0 Å². The summed E-state index contributed by atoms with van der Waals surface area (Å²) in [7, 11) is 0. The summed E-state index contributed by atoms with van der Waals surface area (Å²) < 4.78 is 5.76. The molecule has 0 bridgehead atoms. The summed E-state index contributed by atoms with van der Waals surface area (Å²) in [6.45, 7) is 6.51. The normalized spacial score (nSPS) is 11.8. The Balaban J connectivity index is 1.72. The van der Waals surface area contributed by atoms with Gasteiger partial charge in [-0.2, -0.15) is 0 Å². The summed E-state index contributed by atoms with van der Waals surface area (Å²) in [4.78, 5) is 12.0. The first-order chi connectivity index (χ1) is 11.0. The zero-order valence-corrected chi connectivity index (χ0v) is 14.1. The molecule has 0 saturated carbocycles. The molecule has 0 aliphatic heterocycles. The fourth-order valence-corrected chi connectivity index (χ4v) is 2.33. The Morgan fingerprint density at radius 3 is 2.48 bits per heavy atom. The van der Waals surface area contributed by atoms with Crippen LogP contribution in [0.5, 0.6) is 5.75 Å². The molecule has 3 heteroatoms. The monoisotopic (exact) mass is 311 g/mol. The summed E-state index contributed by atoms with van der Waals surface area (Å²) in [5.74, 6) is 0.930. The average Bonchev–Trinajstić information content (AvgIpc) is 2.53. The molecular weight excluding hydrogens is 286 g/mol. The smallest absolute Gasteiger partial charge is 0.220 e. The van der Waals surface area contributed by atoms with E-state index in [-0.39, 0.29) is 11.9 Å². The zero-order valence-electron chi connectivity index (χ0n) is 14.1. The highest BCUT2D eigenvalue weighted by Crippen LogP contribution is 2.16. The number of hydrogen-bond acceptors (Lipinski definition) is 2. The molecule has 0 aromatic heterocycles. The summed E-state index contributed by atoms with van der Waals surface area (Å²) in [5.41, 5.74) is 3.53. The minimum atomic E-state index is -0.0138. The van der Waals surface area contributed by atoms with Crippen LogP contribution in [-0.2, 0) is 11.2 Å². The first-order valence-electron chi connectivity index (χ1n) is 8.08. The lowest BCUT2D eigenvalue weighted by Gasteiger charge is -2.16. The van der Waals surface area contributed by atoms with Gasteiger partial charge in [-0.05, 0) is 44.4 Å².